The molecule has 13 heavy (non-hydrogen) atoms. The molecule has 1 atom stereocenters. The Morgan fingerprint density at radius 2 is 2.62 bits per heavy atom. The third-order valence-electron chi connectivity index (χ3n) is 2.39. The maximum absolute atomic E-state index is 3.49. The summed E-state index contributed by atoms with van der Waals surface area (Å²) in [5.41, 5.74) is 1.35. The molecule has 2 heterocycles. The van der Waals surface area contributed by atoms with E-state index >= 15 is 0 Å². The highest BCUT2D eigenvalue weighted by Crippen LogP contribution is 2.25. The molecule has 0 radical (unpaired) electrons. The minimum atomic E-state index is 0.860. The molecule has 2 rings (SSSR count). The lowest BCUT2D eigenvalue weighted by atomic mass is 10.2. The first-order valence-corrected chi connectivity index (χ1v) is 5.94. The fourth-order valence-electron chi connectivity index (χ4n) is 1.65. The van der Waals surface area contributed by atoms with E-state index in [2.05, 4.69) is 34.3 Å². The van der Waals surface area contributed by atoms with E-state index in [1.807, 2.05) is 6.20 Å². The molecule has 0 aliphatic carbocycles. The summed E-state index contributed by atoms with van der Waals surface area (Å²) >= 11 is 2.11. The molecule has 72 valence electrons. The Labute approximate surface area is 83.5 Å². The summed E-state index contributed by atoms with van der Waals surface area (Å²) in [5, 5.41) is 4.35. The van der Waals surface area contributed by atoms with Crippen molar-refractivity contribution < 1.29 is 0 Å². The summed E-state index contributed by atoms with van der Waals surface area (Å²) in [6.07, 6.45) is 6.82. The molecule has 1 unspecified atom stereocenters. The van der Waals surface area contributed by atoms with Crippen LogP contribution in [0.25, 0.3) is 0 Å². The zero-order chi connectivity index (χ0) is 8.93. The normalized spacial score (nSPS) is 22.3. The molecule has 0 amide bonds. The van der Waals surface area contributed by atoms with Crippen LogP contribution in [0.5, 0.6) is 0 Å². The minimum absolute atomic E-state index is 0.860. The lowest BCUT2D eigenvalue weighted by Crippen LogP contribution is -2.22. The van der Waals surface area contributed by atoms with Gasteiger partial charge in [-0.25, -0.2) is 0 Å². The number of aromatic amines is 1. The van der Waals surface area contributed by atoms with Crippen LogP contribution in [0.15, 0.2) is 18.5 Å². The molecule has 0 saturated carbocycles. The molecule has 1 fully saturated rings. The van der Waals surface area contributed by atoms with Gasteiger partial charge in [0, 0.05) is 30.7 Å². The summed E-state index contributed by atoms with van der Waals surface area (Å²) < 4.78 is 0. The van der Waals surface area contributed by atoms with E-state index in [4.69, 9.17) is 0 Å². The number of nitrogens with one attached hydrogen (secondary N) is 2. The van der Waals surface area contributed by atoms with Crippen molar-refractivity contribution in [1.29, 1.82) is 0 Å². The smallest absolute Gasteiger partial charge is 0.0220 e. The van der Waals surface area contributed by atoms with Gasteiger partial charge in [0.15, 0.2) is 0 Å². The largest absolute Gasteiger partial charge is 0.367 e. The topological polar surface area (TPSA) is 27.8 Å². The van der Waals surface area contributed by atoms with E-state index in [1.54, 1.807) is 0 Å². The van der Waals surface area contributed by atoms with Gasteiger partial charge in [-0.15, -0.1) is 0 Å². The average molecular weight is 196 g/mol. The van der Waals surface area contributed by atoms with E-state index in [-0.39, 0.29) is 0 Å². The van der Waals surface area contributed by atoms with Crippen molar-refractivity contribution in [3.63, 3.8) is 0 Å². The van der Waals surface area contributed by atoms with Gasteiger partial charge in [0.2, 0.25) is 0 Å². The van der Waals surface area contributed by atoms with Crippen molar-refractivity contribution in [2.75, 3.05) is 12.3 Å². The Morgan fingerprint density at radius 1 is 1.62 bits per heavy atom. The molecule has 0 bridgehead atoms. The van der Waals surface area contributed by atoms with Gasteiger partial charge in [-0.3, -0.25) is 0 Å². The van der Waals surface area contributed by atoms with Gasteiger partial charge in [-0.1, -0.05) is 0 Å². The molecule has 1 aliphatic heterocycles. The van der Waals surface area contributed by atoms with Gasteiger partial charge < -0.3 is 10.3 Å². The van der Waals surface area contributed by atoms with Crippen molar-refractivity contribution >= 4 is 11.8 Å². The van der Waals surface area contributed by atoms with Crippen LogP contribution in [-0.2, 0) is 6.54 Å². The van der Waals surface area contributed by atoms with Crippen molar-refractivity contribution in [2.45, 2.75) is 24.6 Å². The van der Waals surface area contributed by atoms with Crippen LogP contribution >= 0.6 is 11.8 Å². The Bertz CT molecular complexity index is 227. The Hall–Kier alpha value is -0.410. The van der Waals surface area contributed by atoms with Crippen LogP contribution in [0.4, 0.5) is 0 Å². The standard InChI is InChI=1S/C10H16N2S/c1-2-10(13-5-1)8-12-7-9-3-4-11-6-9/h3-4,6,10-12H,1-2,5,7-8H2. The van der Waals surface area contributed by atoms with E-state index < -0.39 is 0 Å². The molecule has 0 aromatic carbocycles. The first-order chi connectivity index (χ1) is 6.45. The number of thioether (sulfide) groups is 1. The molecule has 2 nitrogen and oxygen atoms in total. The summed E-state index contributed by atoms with van der Waals surface area (Å²) in [5.74, 6) is 1.36. The van der Waals surface area contributed by atoms with Crippen molar-refractivity contribution in [1.82, 2.24) is 10.3 Å². The molecule has 1 aromatic rings. The molecule has 0 spiro atoms. The first-order valence-electron chi connectivity index (χ1n) is 4.89. The second-order valence-corrected chi connectivity index (χ2v) is 4.89. The summed E-state index contributed by atoms with van der Waals surface area (Å²) in [6, 6.07) is 2.12. The highest BCUT2D eigenvalue weighted by molar-refractivity contribution is 8.00. The van der Waals surface area contributed by atoms with Crippen molar-refractivity contribution in [3.05, 3.63) is 24.0 Å². The van der Waals surface area contributed by atoms with Crippen molar-refractivity contribution in [2.24, 2.45) is 0 Å². The Kier molecular flexibility index (Phi) is 3.33. The van der Waals surface area contributed by atoms with E-state index in [0.29, 0.717) is 0 Å². The molecular weight excluding hydrogens is 180 g/mol. The zero-order valence-electron chi connectivity index (χ0n) is 7.75. The lowest BCUT2D eigenvalue weighted by Gasteiger charge is -2.08. The Morgan fingerprint density at radius 3 is 3.31 bits per heavy atom. The van der Waals surface area contributed by atoms with Crippen LogP contribution in [0, 0.1) is 0 Å². The van der Waals surface area contributed by atoms with Crippen LogP contribution in [0.3, 0.4) is 0 Å². The second-order valence-electron chi connectivity index (χ2n) is 3.49. The number of hydrogen-bond donors (Lipinski definition) is 2. The first kappa shape index (κ1) is 9.16. The molecule has 1 saturated heterocycles. The van der Waals surface area contributed by atoms with Gasteiger partial charge in [0.05, 0.1) is 0 Å². The predicted octanol–water partition coefficient (Wildman–Crippen LogP) is 2.00. The van der Waals surface area contributed by atoms with Crippen LogP contribution in [-0.4, -0.2) is 22.5 Å². The molecule has 1 aliphatic rings. The lowest BCUT2D eigenvalue weighted by molar-refractivity contribution is 0.646. The van der Waals surface area contributed by atoms with Gasteiger partial charge in [-0.2, -0.15) is 11.8 Å². The highest BCUT2D eigenvalue weighted by atomic mass is 32.2. The Balaban J connectivity index is 1.63. The molecular formula is C10H16N2S. The van der Waals surface area contributed by atoms with Gasteiger partial charge >= 0.3 is 0 Å². The third-order valence-corrected chi connectivity index (χ3v) is 3.79. The number of H-pyrrole nitrogens is 1. The average Bonchev–Trinajstić information content (AvgIpc) is 2.75. The van der Waals surface area contributed by atoms with Crippen LogP contribution in [0.2, 0.25) is 0 Å². The SMILES string of the molecule is c1cc(CNCC2CCCS2)c[nH]1. The zero-order valence-corrected chi connectivity index (χ0v) is 8.57. The quantitative estimate of drug-likeness (QED) is 0.771. The fraction of sp³-hybridized carbons (Fsp3) is 0.600. The highest BCUT2D eigenvalue weighted by Gasteiger charge is 2.14. The van der Waals surface area contributed by atoms with Crippen LogP contribution in [0.1, 0.15) is 18.4 Å². The molecule has 1 aromatic heterocycles. The van der Waals surface area contributed by atoms with Crippen LogP contribution < -0.4 is 5.32 Å². The second kappa shape index (κ2) is 4.72. The van der Waals surface area contributed by atoms with Gasteiger partial charge in [0.25, 0.3) is 0 Å². The minimum Gasteiger partial charge on any atom is -0.367 e. The number of rotatable bonds is 4. The monoisotopic (exact) mass is 196 g/mol. The third kappa shape index (κ3) is 2.78. The maximum Gasteiger partial charge on any atom is 0.0220 e. The van der Waals surface area contributed by atoms with Gasteiger partial charge in [0.1, 0.15) is 0 Å². The summed E-state index contributed by atoms with van der Waals surface area (Å²) in [7, 11) is 0. The molecule has 3 heteroatoms. The fourth-order valence-corrected chi connectivity index (χ4v) is 2.89. The van der Waals surface area contributed by atoms with Gasteiger partial charge in [-0.05, 0) is 30.2 Å². The van der Waals surface area contributed by atoms with E-state index in [1.165, 1.54) is 24.2 Å². The van der Waals surface area contributed by atoms with E-state index in [9.17, 15) is 0 Å². The molecule has 2 N–H and O–H groups in total. The predicted molar refractivity (Wildman–Crippen MR) is 58.0 cm³/mol. The van der Waals surface area contributed by atoms with Crippen molar-refractivity contribution in [3.8, 4) is 0 Å². The number of aromatic nitrogens is 1. The summed E-state index contributed by atoms with van der Waals surface area (Å²) in [4.78, 5) is 3.06. The number of hydrogen-bond acceptors (Lipinski definition) is 2. The van der Waals surface area contributed by atoms with E-state index in [0.717, 1.165) is 18.3 Å². The summed E-state index contributed by atoms with van der Waals surface area (Å²) in [6.45, 7) is 2.16. The maximum atomic E-state index is 3.49.